The highest BCUT2D eigenvalue weighted by atomic mass is 32.2. The minimum absolute atomic E-state index is 0.157. The number of aliphatic carboxylic acids is 1. The summed E-state index contributed by atoms with van der Waals surface area (Å²) in [7, 11) is -1.71. The van der Waals surface area contributed by atoms with E-state index in [2.05, 4.69) is 0 Å². The highest BCUT2D eigenvalue weighted by Crippen LogP contribution is 2.17. The van der Waals surface area contributed by atoms with E-state index >= 15 is 0 Å². The molecule has 4 nitrogen and oxygen atoms in total. The monoisotopic (exact) mass is 283 g/mol. The van der Waals surface area contributed by atoms with Gasteiger partial charge in [0.15, 0.2) is 0 Å². The van der Waals surface area contributed by atoms with E-state index in [0.29, 0.717) is 0 Å². The van der Waals surface area contributed by atoms with Crippen LogP contribution < -0.4 is 0 Å². The second-order valence-electron chi connectivity index (χ2n) is 4.45. The fourth-order valence-corrected chi connectivity index (χ4v) is 3.23. The summed E-state index contributed by atoms with van der Waals surface area (Å²) in [6.45, 7) is 3.32. The van der Waals surface area contributed by atoms with Crippen molar-refractivity contribution in [2.45, 2.75) is 24.9 Å². The molecule has 0 radical (unpaired) electrons. The number of nitrogens with zero attached hydrogens (tertiary/aromatic N) is 1. The summed E-state index contributed by atoms with van der Waals surface area (Å²) in [5, 5.41) is 16.6. The van der Waals surface area contributed by atoms with Gasteiger partial charge in [-0.25, -0.2) is 4.39 Å². The Labute approximate surface area is 113 Å². The van der Waals surface area contributed by atoms with Gasteiger partial charge in [0.2, 0.25) is 0 Å². The SMILES string of the molecule is CC(C)C(C(=O)O)S(=O)Cc1ccc(C#N)cc1F. The van der Waals surface area contributed by atoms with Crippen molar-refractivity contribution in [2.75, 3.05) is 0 Å². The van der Waals surface area contributed by atoms with Crippen LogP contribution in [0.25, 0.3) is 0 Å². The first-order valence-electron chi connectivity index (χ1n) is 5.65. The molecule has 1 aromatic carbocycles. The molecule has 6 heteroatoms. The lowest BCUT2D eigenvalue weighted by molar-refractivity contribution is -0.137. The van der Waals surface area contributed by atoms with Gasteiger partial charge in [-0.3, -0.25) is 9.00 Å². The largest absolute Gasteiger partial charge is 0.480 e. The first kappa shape index (κ1) is 15.3. The molecule has 1 N–H and O–H groups in total. The van der Waals surface area contributed by atoms with Gasteiger partial charge in [0.05, 0.1) is 17.4 Å². The molecule has 0 aliphatic heterocycles. The van der Waals surface area contributed by atoms with E-state index in [1.54, 1.807) is 19.9 Å². The second kappa shape index (κ2) is 6.43. The Bertz CT molecular complexity index is 551. The Morgan fingerprint density at radius 1 is 1.53 bits per heavy atom. The molecule has 0 aromatic heterocycles. The van der Waals surface area contributed by atoms with E-state index in [1.807, 2.05) is 0 Å². The average Bonchev–Trinajstić information content (AvgIpc) is 2.30. The third-order valence-electron chi connectivity index (χ3n) is 2.61. The molecule has 0 aliphatic carbocycles. The summed E-state index contributed by atoms with van der Waals surface area (Å²) in [6.07, 6.45) is 0. The quantitative estimate of drug-likeness (QED) is 0.897. The van der Waals surface area contributed by atoms with Gasteiger partial charge in [0, 0.05) is 16.4 Å². The molecule has 0 heterocycles. The number of hydrogen-bond acceptors (Lipinski definition) is 3. The van der Waals surface area contributed by atoms with Gasteiger partial charge in [-0.1, -0.05) is 19.9 Å². The predicted octanol–water partition coefficient (Wildman–Crippen LogP) is 2.06. The van der Waals surface area contributed by atoms with Crippen LogP contribution in [0.4, 0.5) is 4.39 Å². The highest BCUT2D eigenvalue weighted by molar-refractivity contribution is 7.85. The van der Waals surface area contributed by atoms with Gasteiger partial charge in [-0.05, 0) is 18.1 Å². The first-order valence-corrected chi connectivity index (χ1v) is 7.03. The van der Waals surface area contributed by atoms with Gasteiger partial charge >= 0.3 is 5.97 Å². The molecule has 0 spiro atoms. The van der Waals surface area contributed by atoms with Crippen LogP contribution in [0.1, 0.15) is 25.0 Å². The Hall–Kier alpha value is -1.74. The van der Waals surface area contributed by atoms with Gasteiger partial charge in [-0.15, -0.1) is 0 Å². The topological polar surface area (TPSA) is 78.2 Å². The Balaban J connectivity index is 2.94. The Kier molecular flexibility index (Phi) is 5.19. The molecule has 0 bridgehead atoms. The summed E-state index contributed by atoms with van der Waals surface area (Å²) in [6, 6.07) is 5.63. The second-order valence-corrected chi connectivity index (χ2v) is 6.00. The molecule has 0 fully saturated rings. The summed E-state index contributed by atoms with van der Waals surface area (Å²) in [5.74, 6) is -2.27. The van der Waals surface area contributed by atoms with Crippen molar-refractivity contribution in [2.24, 2.45) is 5.92 Å². The van der Waals surface area contributed by atoms with Crippen molar-refractivity contribution in [1.29, 1.82) is 5.26 Å². The molecule has 102 valence electrons. The van der Waals surface area contributed by atoms with Crippen LogP contribution in [-0.4, -0.2) is 20.5 Å². The van der Waals surface area contributed by atoms with E-state index in [1.165, 1.54) is 12.1 Å². The summed E-state index contributed by atoms with van der Waals surface area (Å²) in [5.41, 5.74) is 0.329. The van der Waals surface area contributed by atoms with Crippen LogP contribution in [0.15, 0.2) is 18.2 Å². The molecule has 0 aliphatic rings. The van der Waals surface area contributed by atoms with E-state index in [4.69, 9.17) is 10.4 Å². The molecule has 19 heavy (non-hydrogen) atoms. The summed E-state index contributed by atoms with van der Waals surface area (Å²) in [4.78, 5) is 11.0. The van der Waals surface area contributed by atoms with Gasteiger partial charge in [-0.2, -0.15) is 5.26 Å². The van der Waals surface area contributed by atoms with Crippen molar-refractivity contribution < 1.29 is 18.5 Å². The molecule has 1 rings (SSSR count). The number of carbonyl (C=O) groups is 1. The number of nitriles is 1. The first-order chi connectivity index (χ1) is 8.86. The van der Waals surface area contributed by atoms with Crippen molar-refractivity contribution in [3.63, 3.8) is 0 Å². The smallest absolute Gasteiger partial charge is 0.319 e. The maximum Gasteiger partial charge on any atom is 0.319 e. The fourth-order valence-electron chi connectivity index (χ4n) is 1.68. The maximum absolute atomic E-state index is 13.6. The molecule has 2 atom stereocenters. The number of benzene rings is 1. The maximum atomic E-state index is 13.6. The molecular formula is C13H14FNO3S. The lowest BCUT2D eigenvalue weighted by atomic mass is 10.1. The van der Waals surface area contributed by atoms with Crippen LogP contribution >= 0.6 is 0 Å². The number of hydrogen-bond donors (Lipinski definition) is 1. The molecule has 0 amide bonds. The Morgan fingerprint density at radius 2 is 2.16 bits per heavy atom. The average molecular weight is 283 g/mol. The minimum Gasteiger partial charge on any atom is -0.480 e. The lowest BCUT2D eigenvalue weighted by Gasteiger charge is -2.15. The third kappa shape index (κ3) is 3.86. The number of carboxylic acids is 1. The van der Waals surface area contributed by atoms with Crippen LogP contribution in [0.2, 0.25) is 0 Å². The van der Waals surface area contributed by atoms with Crippen molar-refractivity contribution in [1.82, 2.24) is 0 Å². The molecule has 0 saturated heterocycles. The fraction of sp³-hybridized carbons (Fsp3) is 0.385. The highest BCUT2D eigenvalue weighted by Gasteiger charge is 2.28. The van der Waals surface area contributed by atoms with E-state index in [9.17, 15) is 13.4 Å². The molecular weight excluding hydrogens is 269 g/mol. The van der Waals surface area contributed by atoms with Gasteiger partial charge < -0.3 is 5.11 Å². The van der Waals surface area contributed by atoms with Crippen molar-refractivity contribution >= 4 is 16.8 Å². The number of carboxylic acid groups (broad SMARTS) is 1. The van der Waals surface area contributed by atoms with Gasteiger partial charge in [0.1, 0.15) is 11.1 Å². The van der Waals surface area contributed by atoms with Crippen LogP contribution in [-0.2, 0) is 21.3 Å². The van der Waals surface area contributed by atoms with Crippen LogP contribution in [0, 0.1) is 23.1 Å². The predicted molar refractivity (Wildman–Crippen MR) is 69.2 cm³/mol. The normalized spacial score (nSPS) is 13.8. The molecule has 2 unspecified atom stereocenters. The van der Waals surface area contributed by atoms with E-state index in [0.717, 1.165) is 6.07 Å². The van der Waals surface area contributed by atoms with Gasteiger partial charge in [0.25, 0.3) is 0 Å². The number of halogens is 1. The van der Waals surface area contributed by atoms with Crippen molar-refractivity contribution in [3.8, 4) is 6.07 Å². The van der Waals surface area contributed by atoms with E-state index < -0.39 is 27.8 Å². The standard InChI is InChI=1S/C13H14FNO3S/c1-8(2)12(13(16)17)19(18)7-10-4-3-9(6-15)5-11(10)14/h3-5,8,12H,7H2,1-2H3,(H,16,17). The lowest BCUT2D eigenvalue weighted by Crippen LogP contribution is -2.31. The molecule has 0 saturated carbocycles. The zero-order chi connectivity index (χ0) is 14.6. The zero-order valence-corrected chi connectivity index (χ0v) is 11.4. The van der Waals surface area contributed by atoms with Crippen molar-refractivity contribution in [3.05, 3.63) is 35.1 Å². The third-order valence-corrected chi connectivity index (χ3v) is 4.52. The number of rotatable bonds is 5. The minimum atomic E-state index is -1.71. The summed E-state index contributed by atoms with van der Waals surface area (Å²) < 4.78 is 25.6. The van der Waals surface area contributed by atoms with Crippen LogP contribution in [0.3, 0.4) is 0 Å². The summed E-state index contributed by atoms with van der Waals surface area (Å²) >= 11 is 0. The zero-order valence-electron chi connectivity index (χ0n) is 10.6. The Morgan fingerprint density at radius 3 is 2.58 bits per heavy atom. The van der Waals surface area contributed by atoms with Crippen LogP contribution in [0.5, 0.6) is 0 Å². The molecule has 1 aromatic rings. The van der Waals surface area contributed by atoms with E-state index in [-0.39, 0.29) is 22.8 Å².